The molecule has 128 valence electrons. The Morgan fingerprint density at radius 2 is 1.83 bits per heavy atom. The van der Waals surface area contributed by atoms with E-state index >= 15 is 0 Å². The van der Waals surface area contributed by atoms with E-state index < -0.39 is 17.1 Å². The highest BCUT2D eigenvalue weighted by Crippen LogP contribution is 2.16. The molecule has 2 N–H and O–H groups in total. The molecule has 0 fully saturated rings. The number of aromatic amines is 1. The lowest BCUT2D eigenvalue weighted by atomic mass is 10.2. The predicted molar refractivity (Wildman–Crippen MR) is 94.3 cm³/mol. The molecule has 1 aromatic carbocycles. The molecule has 7 nitrogen and oxygen atoms in total. The van der Waals surface area contributed by atoms with Crippen LogP contribution in [0.2, 0.25) is 0 Å². The normalized spacial score (nSPS) is 12.4. The van der Waals surface area contributed by atoms with Gasteiger partial charge in [-0.05, 0) is 19.1 Å². The van der Waals surface area contributed by atoms with E-state index in [1.807, 2.05) is 21.1 Å². The molecule has 0 saturated heterocycles. The van der Waals surface area contributed by atoms with E-state index in [1.54, 1.807) is 37.3 Å². The summed E-state index contributed by atoms with van der Waals surface area (Å²) in [5, 5.41) is 10.5. The summed E-state index contributed by atoms with van der Waals surface area (Å²) in [6, 6.07) is 8.64. The Hall–Kier alpha value is -2.67. The number of hydrogen-bond acceptors (Lipinski definition) is 4. The summed E-state index contributed by atoms with van der Waals surface area (Å²) in [4.78, 5) is 30.8. The fourth-order valence-electron chi connectivity index (χ4n) is 2.26. The highest BCUT2D eigenvalue weighted by atomic mass is 16.3. The number of H-pyrrole nitrogens is 1. The number of benzene rings is 1. The van der Waals surface area contributed by atoms with Crippen LogP contribution in [0.15, 0.2) is 44.9 Å². The molecule has 1 heterocycles. The molecule has 0 aliphatic rings. The Bertz CT molecular complexity index is 858. The Kier molecular flexibility index (Phi) is 5.04. The van der Waals surface area contributed by atoms with Crippen molar-refractivity contribution >= 4 is 5.71 Å². The molecule has 0 saturated carbocycles. The number of nitrogens with one attached hydrogen (secondary N) is 1. The zero-order valence-electron chi connectivity index (χ0n) is 14.4. The second-order valence-electron chi connectivity index (χ2n) is 6.61. The molecule has 0 amide bonds. The maximum Gasteiger partial charge on any atom is 0.335 e. The van der Waals surface area contributed by atoms with E-state index in [0.717, 1.165) is 15.6 Å². The van der Waals surface area contributed by atoms with Crippen LogP contribution >= 0.6 is 0 Å². The monoisotopic (exact) mass is 331 g/mol. The maximum absolute atomic E-state index is 12.1. The standard InChI is InChI=1S/C17H22N4O3/c1-12(18-10-11-21(2,3)4)14-15(22)19-17(24)20(16(14)23)13-8-6-5-7-9-13/h5-9H,10-11H2,1-4H3,(H-,18,19,22,23,24)/p+1. The van der Waals surface area contributed by atoms with Crippen molar-refractivity contribution in [2.45, 2.75) is 6.92 Å². The lowest BCUT2D eigenvalue weighted by Crippen LogP contribution is -2.37. The van der Waals surface area contributed by atoms with Crippen molar-refractivity contribution in [1.29, 1.82) is 0 Å². The van der Waals surface area contributed by atoms with Crippen molar-refractivity contribution in [2.24, 2.45) is 4.99 Å². The molecule has 7 heteroatoms. The number of nitrogens with zero attached hydrogens (tertiary/aromatic N) is 3. The molecule has 0 atom stereocenters. The SMILES string of the molecule is CC(=NCC[N+](C)(C)C)c1c(O)n(-c2ccccc2)c(=O)[nH]c1=O. The van der Waals surface area contributed by atoms with Gasteiger partial charge in [0.1, 0.15) is 5.56 Å². The lowest BCUT2D eigenvalue weighted by Gasteiger charge is -2.22. The topological polar surface area (TPSA) is 87.4 Å². The minimum Gasteiger partial charge on any atom is -0.493 e. The number of likely N-dealkylation sites (N-methyl/N-ethyl adjacent to an activating group) is 1. The predicted octanol–water partition coefficient (Wildman–Crippen LogP) is 0.747. The fourth-order valence-corrected chi connectivity index (χ4v) is 2.26. The van der Waals surface area contributed by atoms with E-state index in [1.165, 1.54) is 0 Å². The summed E-state index contributed by atoms with van der Waals surface area (Å²) in [5.74, 6) is -0.401. The Labute approximate surface area is 140 Å². The van der Waals surface area contributed by atoms with Crippen molar-refractivity contribution in [3.8, 4) is 11.6 Å². The van der Waals surface area contributed by atoms with Crippen LogP contribution in [0.25, 0.3) is 5.69 Å². The number of rotatable bonds is 5. The van der Waals surface area contributed by atoms with Gasteiger partial charge in [0.05, 0.1) is 45.6 Å². The van der Waals surface area contributed by atoms with Crippen LogP contribution in [0.4, 0.5) is 0 Å². The minimum atomic E-state index is -0.688. The molecule has 0 radical (unpaired) electrons. The summed E-state index contributed by atoms with van der Waals surface area (Å²) in [6.07, 6.45) is 0. The summed E-state index contributed by atoms with van der Waals surface area (Å²) < 4.78 is 1.80. The van der Waals surface area contributed by atoms with Crippen LogP contribution in [0.3, 0.4) is 0 Å². The van der Waals surface area contributed by atoms with Crippen molar-refractivity contribution < 1.29 is 9.59 Å². The highest BCUT2D eigenvalue weighted by Gasteiger charge is 2.18. The summed E-state index contributed by atoms with van der Waals surface area (Å²) in [5.41, 5.74) is -0.453. The zero-order chi connectivity index (χ0) is 17.9. The van der Waals surface area contributed by atoms with E-state index in [2.05, 4.69) is 9.98 Å². The first-order valence-corrected chi connectivity index (χ1v) is 7.66. The van der Waals surface area contributed by atoms with Gasteiger partial charge in [-0.25, -0.2) is 9.36 Å². The van der Waals surface area contributed by atoms with Gasteiger partial charge in [-0.15, -0.1) is 0 Å². The van der Waals surface area contributed by atoms with E-state index in [4.69, 9.17) is 0 Å². The summed E-state index contributed by atoms with van der Waals surface area (Å²) >= 11 is 0. The summed E-state index contributed by atoms with van der Waals surface area (Å²) in [6.45, 7) is 2.95. The molecular formula is C17H23N4O3+. The minimum absolute atomic E-state index is 0.0138. The highest BCUT2D eigenvalue weighted by molar-refractivity contribution is 6.00. The number of aromatic hydroxyl groups is 1. The first kappa shape index (κ1) is 17.7. The Balaban J connectivity index is 2.50. The molecule has 0 unspecified atom stereocenters. The van der Waals surface area contributed by atoms with Crippen LogP contribution in [0.1, 0.15) is 12.5 Å². The lowest BCUT2D eigenvalue weighted by molar-refractivity contribution is -0.868. The van der Waals surface area contributed by atoms with E-state index in [0.29, 0.717) is 17.9 Å². The number of aromatic nitrogens is 2. The van der Waals surface area contributed by atoms with Crippen molar-refractivity contribution in [2.75, 3.05) is 34.2 Å². The van der Waals surface area contributed by atoms with Gasteiger partial charge in [0.25, 0.3) is 5.56 Å². The van der Waals surface area contributed by atoms with Crippen LogP contribution in [0.5, 0.6) is 5.88 Å². The van der Waals surface area contributed by atoms with Gasteiger partial charge in [0.2, 0.25) is 5.88 Å². The number of para-hydroxylation sites is 1. The third kappa shape index (κ3) is 3.99. The Morgan fingerprint density at radius 1 is 1.21 bits per heavy atom. The van der Waals surface area contributed by atoms with Gasteiger partial charge in [0.15, 0.2) is 0 Å². The van der Waals surface area contributed by atoms with Gasteiger partial charge in [-0.1, -0.05) is 18.2 Å². The van der Waals surface area contributed by atoms with Crippen molar-refractivity contribution in [3.63, 3.8) is 0 Å². The average molecular weight is 331 g/mol. The number of quaternary nitrogens is 1. The second kappa shape index (κ2) is 6.84. The molecule has 0 spiro atoms. The van der Waals surface area contributed by atoms with Crippen LogP contribution < -0.4 is 11.2 Å². The van der Waals surface area contributed by atoms with Gasteiger partial charge < -0.3 is 9.59 Å². The molecule has 24 heavy (non-hydrogen) atoms. The Morgan fingerprint density at radius 3 is 2.42 bits per heavy atom. The zero-order valence-corrected chi connectivity index (χ0v) is 14.4. The smallest absolute Gasteiger partial charge is 0.335 e. The van der Waals surface area contributed by atoms with Crippen LogP contribution in [-0.4, -0.2) is 59.1 Å². The maximum atomic E-state index is 12.1. The van der Waals surface area contributed by atoms with Crippen molar-refractivity contribution in [3.05, 3.63) is 56.7 Å². The van der Waals surface area contributed by atoms with Crippen LogP contribution in [0, 0.1) is 0 Å². The number of hydrogen-bond donors (Lipinski definition) is 2. The third-order valence-electron chi connectivity index (χ3n) is 3.58. The molecule has 1 aromatic heterocycles. The molecule has 2 rings (SSSR count). The van der Waals surface area contributed by atoms with Gasteiger partial charge >= 0.3 is 5.69 Å². The third-order valence-corrected chi connectivity index (χ3v) is 3.58. The molecular weight excluding hydrogens is 308 g/mol. The first-order valence-electron chi connectivity index (χ1n) is 7.66. The summed E-state index contributed by atoms with van der Waals surface area (Å²) in [7, 11) is 6.14. The van der Waals surface area contributed by atoms with Gasteiger partial charge in [0, 0.05) is 0 Å². The quantitative estimate of drug-likeness (QED) is 0.626. The largest absolute Gasteiger partial charge is 0.493 e. The second-order valence-corrected chi connectivity index (χ2v) is 6.61. The van der Waals surface area contributed by atoms with Crippen LogP contribution in [-0.2, 0) is 0 Å². The molecule has 0 bridgehead atoms. The van der Waals surface area contributed by atoms with Gasteiger partial charge in [-0.2, -0.15) is 0 Å². The van der Waals surface area contributed by atoms with E-state index in [-0.39, 0.29) is 5.56 Å². The van der Waals surface area contributed by atoms with E-state index in [9.17, 15) is 14.7 Å². The number of aliphatic imine (C=N–C) groups is 1. The average Bonchev–Trinajstić information content (AvgIpc) is 2.46. The van der Waals surface area contributed by atoms with Gasteiger partial charge in [-0.3, -0.25) is 14.8 Å². The fraction of sp³-hybridized carbons (Fsp3) is 0.353. The first-order chi connectivity index (χ1) is 11.2. The molecule has 0 aliphatic heterocycles. The molecule has 0 aliphatic carbocycles. The van der Waals surface area contributed by atoms with Crippen molar-refractivity contribution in [1.82, 2.24) is 9.55 Å². The molecule has 2 aromatic rings.